The molecule has 0 aromatic carbocycles. The Bertz CT molecular complexity index is 718. The first kappa shape index (κ1) is 16.9. The van der Waals surface area contributed by atoms with Crippen molar-refractivity contribution in [3.63, 3.8) is 0 Å². The van der Waals surface area contributed by atoms with E-state index in [1.54, 1.807) is 6.20 Å². The molecule has 0 aliphatic heterocycles. The number of nitrogens with one attached hydrogen (secondary N) is 2. The molecule has 0 bridgehead atoms. The molecule has 6 nitrogen and oxygen atoms in total. The van der Waals surface area contributed by atoms with Crippen LogP contribution in [0.15, 0.2) is 12.3 Å². The molecule has 3 rings (SSSR count). The number of aromatic nitrogens is 3. The molecule has 0 atom stereocenters. The summed E-state index contributed by atoms with van der Waals surface area (Å²) < 4.78 is 1.90. The maximum Gasteiger partial charge on any atom is 0.252 e. The molecule has 1 aliphatic rings. The van der Waals surface area contributed by atoms with Crippen molar-refractivity contribution in [2.24, 2.45) is 0 Å². The molecule has 0 radical (unpaired) electrons. The lowest BCUT2D eigenvalue weighted by molar-refractivity contribution is 0.0955. The molecule has 6 heteroatoms. The minimum atomic E-state index is -0.0362. The van der Waals surface area contributed by atoms with E-state index in [1.165, 1.54) is 0 Å². The van der Waals surface area contributed by atoms with Crippen molar-refractivity contribution in [3.8, 4) is 0 Å². The summed E-state index contributed by atoms with van der Waals surface area (Å²) in [5.41, 5.74) is 2.55. The van der Waals surface area contributed by atoms with E-state index in [0.717, 1.165) is 49.1 Å². The number of hydrogen-bond acceptors (Lipinski definition) is 4. The van der Waals surface area contributed by atoms with Crippen molar-refractivity contribution in [3.05, 3.63) is 23.5 Å². The van der Waals surface area contributed by atoms with Gasteiger partial charge in [-0.15, -0.1) is 0 Å². The second-order valence-electron chi connectivity index (χ2n) is 6.80. The molecule has 1 fully saturated rings. The van der Waals surface area contributed by atoms with Crippen LogP contribution in [0.25, 0.3) is 11.0 Å². The van der Waals surface area contributed by atoms with Gasteiger partial charge in [0.1, 0.15) is 0 Å². The summed E-state index contributed by atoms with van der Waals surface area (Å²) in [4.78, 5) is 17.5. The number of rotatable bonds is 8. The summed E-state index contributed by atoms with van der Waals surface area (Å²) in [6.07, 6.45) is 5.19. The Labute approximate surface area is 143 Å². The maximum absolute atomic E-state index is 12.7. The Kier molecular flexibility index (Phi) is 5.14. The van der Waals surface area contributed by atoms with Gasteiger partial charge in [-0.25, -0.2) is 9.67 Å². The zero-order valence-electron chi connectivity index (χ0n) is 14.8. The van der Waals surface area contributed by atoms with Crippen molar-refractivity contribution in [1.82, 2.24) is 25.4 Å². The average molecular weight is 329 g/mol. The molecular formula is C18H27N5O. The normalized spacial score (nSPS) is 14.5. The molecular weight excluding hydrogens is 302 g/mol. The van der Waals surface area contributed by atoms with Crippen LogP contribution in [0.3, 0.4) is 0 Å². The van der Waals surface area contributed by atoms with E-state index in [9.17, 15) is 4.79 Å². The van der Waals surface area contributed by atoms with E-state index in [2.05, 4.69) is 36.5 Å². The number of carbonyl (C=O) groups is 1. The second kappa shape index (κ2) is 7.30. The summed E-state index contributed by atoms with van der Waals surface area (Å²) >= 11 is 0. The zero-order chi connectivity index (χ0) is 17.1. The molecule has 1 aliphatic carbocycles. The number of fused-ring (bicyclic) bond motifs is 1. The molecule has 24 heavy (non-hydrogen) atoms. The smallest absolute Gasteiger partial charge is 0.252 e. The van der Waals surface area contributed by atoms with Gasteiger partial charge >= 0.3 is 0 Å². The van der Waals surface area contributed by atoms with Gasteiger partial charge in [-0.1, -0.05) is 6.92 Å². The van der Waals surface area contributed by atoms with Crippen LogP contribution in [-0.4, -0.2) is 40.3 Å². The van der Waals surface area contributed by atoms with Crippen LogP contribution >= 0.6 is 0 Å². The lowest BCUT2D eigenvalue weighted by Gasteiger charge is -2.11. The lowest BCUT2D eigenvalue weighted by atomic mass is 10.1. The molecule has 2 aromatic heterocycles. The number of hydrogen-bond donors (Lipinski definition) is 2. The summed E-state index contributed by atoms with van der Waals surface area (Å²) in [5.74, 6) is 0.466. The fraction of sp³-hybridized carbons (Fsp3) is 0.611. The van der Waals surface area contributed by atoms with E-state index < -0.39 is 0 Å². The van der Waals surface area contributed by atoms with Gasteiger partial charge in [-0.2, -0.15) is 5.10 Å². The first-order valence-electron chi connectivity index (χ1n) is 8.99. The number of amides is 1. The molecule has 0 unspecified atom stereocenters. The third-order valence-corrected chi connectivity index (χ3v) is 4.33. The third-order valence-electron chi connectivity index (χ3n) is 4.33. The standard InChI is InChI=1S/C18H27N5O/c1-4-7-19-8-9-20-18(24)14-10-16(13-5-6-13)22-17-15(14)11-21-23(17)12(2)3/h10-13,19H,4-9H2,1-3H3,(H,20,24). The van der Waals surface area contributed by atoms with Crippen LogP contribution in [0.5, 0.6) is 0 Å². The van der Waals surface area contributed by atoms with E-state index in [-0.39, 0.29) is 11.9 Å². The van der Waals surface area contributed by atoms with Crippen LogP contribution in [0.2, 0.25) is 0 Å². The molecule has 0 saturated heterocycles. The van der Waals surface area contributed by atoms with Crippen molar-refractivity contribution in [2.75, 3.05) is 19.6 Å². The number of pyridine rings is 1. The van der Waals surface area contributed by atoms with Crippen LogP contribution in [0.4, 0.5) is 0 Å². The fourth-order valence-electron chi connectivity index (χ4n) is 2.85. The predicted molar refractivity (Wildman–Crippen MR) is 95.4 cm³/mol. The minimum Gasteiger partial charge on any atom is -0.351 e. The molecule has 2 N–H and O–H groups in total. The van der Waals surface area contributed by atoms with Gasteiger partial charge in [0, 0.05) is 30.7 Å². The molecule has 130 valence electrons. The van der Waals surface area contributed by atoms with Gasteiger partial charge in [0.25, 0.3) is 5.91 Å². The van der Waals surface area contributed by atoms with Crippen LogP contribution in [-0.2, 0) is 0 Å². The van der Waals surface area contributed by atoms with Gasteiger partial charge < -0.3 is 10.6 Å². The SMILES string of the molecule is CCCNCCNC(=O)c1cc(C2CC2)nc2c1cnn2C(C)C. The van der Waals surface area contributed by atoms with Crippen molar-refractivity contribution in [2.45, 2.75) is 52.0 Å². The monoisotopic (exact) mass is 329 g/mol. The Hall–Kier alpha value is -1.95. The summed E-state index contributed by atoms with van der Waals surface area (Å²) in [7, 11) is 0. The highest BCUT2D eigenvalue weighted by molar-refractivity contribution is 6.05. The summed E-state index contributed by atoms with van der Waals surface area (Å²) in [6.45, 7) is 8.68. The van der Waals surface area contributed by atoms with Crippen molar-refractivity contribution < 1.29 is 4.79 Å². The first-order chi connectivity index (χ1) is 11.6. The van der Waals surface area contributed by atoms with E-state index in [4.69, 9.17) is 4.98 Å². The van der Waals surface area contributed by atoms with Gasteiger partial charge in [0.15, 0.2) is 5.65 Å². The Morgan fingerprint density at radius 3 is 2.79 bits per heavy atom. The van der Waals surface area contributed by atoms with Gasteiger partial charge in [0.05, 0.1) is 17.1 Å². The van der Waals surface area contributed by atoms with Crippen LogP contribution in [0, 0.1) is 0 Å². The number of carbonyl (C=O) groups excluding carboxylic acids is 1. The van der Waals surface area contributed by atoms with Gasteiger partial charge in [-0.3, -0.25) is 4.79 Å². The third kappa shape index (κ3) is 3.59. The quantitative estimate of drug-likeness (QED) is 0.730. The highest BCUT2D eigenvalue weighted by Gasteiger charge is 2.28. The summed E-state index contributed by atoms with van der Waals surface area (Å²) in [5, 5.41) is 11.6. The highest BCUT2D eigenvalue weighted by Crippen LogP contribution is 2.40. The van der Waals surface area contributed by atoms with E-state index >= 15 is 0 Å². The van der Waals surface area contributed by atoms with Gasteiger partial charge in [0.2, 0.25) is 0 Å². The predicted octanol–water partition coefficient (Wildman–Crippen LogP) is 2.62. The second-order valence-corrected chi connectivity index (χ2v) is 6.80. The largest absolute Gasteiger partial charge is 0.351 e. The van der Waals surface area contributed by atoms with Gasteiger partial charge in [-0.05, 0) is 45.7 Å². The topological polar surface area (TPSA) is 71.8 Å². The van der Waals surface area contributed by atoms with Crippen LogP contribution < -0.4 is 10.6 Å². The molecule has 2 heterocycles. The highest BCUT2D eigenvalue weighted by atomic mass is 16.1. The Morgan fingerprint density at radius 1 is 1.33 bits per heavy atom. The lowest BCUT2D eigenvalue weighted by Crippen LogP contribution is -2.32. The molecule has 0 spiro atoms. The molecule has 1 amide bonds. The van der Waals surface area contributed by atoms with E-state index in [1.807, 2.05) is 10.7 Å². The van der Waals surface area contributed by atoms with Crippen molar-refractivity contribution >= 4 is 16.9 Å². The van der Waals surface area contributed by atoms with Crippen LogP contribution in [0.1, 0.15) is 68.0 Å². The first-order valence-corrected chi connectivity index (χ1v) is 8.99. The Morgan fingerprint density at radius 2 is 2.12 bits per heavy atom. The minimum absolute atomic E-state index is 0.0362. The van der Waals surface area contributed by atoms with E-state index in [0.29, 0.717) is 18.0 Å². The maximum atomic E-state index is 12.7. The fourth-order valence-corrected chi connectivity index (χ4v) is 2.85. The average Bonchev–Trinajstić information content (AvgIpc) is 3.32. The Balaban J connectivity index is 1.84. The number of nitrogens with zero attached hydrogens (tertiary/aromatic N) is 3. The zero-order valence-corrected chi connectivity index (χ0v) is 14.8. The molecule has 1 saturated carbocycles. The summed E-state index contributed by atoms with van der Waals surface area (Å²) in [6, 6.07) is 2.18. The van der Waals surface area contributed by atoms with Crippen molar-refractivity contribution in [1.29, 1.82) is 0 Å². The molecule has 2 aromatic rings.